The van der Waals surface area contributed by atoms with Crippen molar-refractivity contribution in [1.82, 2.24) is 15.5 Å². The predicted octanol–water partition coefficient (Wildman–Crippen LogP) is 3.72. The monoisotopic (exact) mass is 285 g/mol. The van der Waals surface area contributed by atoms with Crippen LogP contribution in [0.1, 0.15) is 39.0 Å². The second-order valence-electron chi connectivity index (χ2n) is 6.03. The van der Waals surface area contributed by atoms with E-state index in [0.717, 1.165) is 23.4 Å². The second kappa shape index (κ2) is 6.68. The molecule has 1 heterocycles. The molecule has 4 heteroatoms. The molecule has 0 bridgehead atoms. The van der Waals surface area contributed by atoms with E-state index in [1.807, 2.05) is 30.3 Å². The molecule has 1 aromatic carbocycles. The third-order valence-electron chi connectivity index (χ3n) is 3.06. The van der Waals surface area contributed by atoms with Crippen LogP contribution in [0.15, 0.2) is 36.4 Å². The van der Waals surface area contributed by atoms with Crippen LogP contribution in [0.25, 0.3) is 0 Å². The predicted molar refractivity (Wildman–Crippen MR) is 84.5 cm³/mol. The SMILES string of the molecule is CCc1ccccc1Oc1ccc(CNC(C)(C)C)nn1. The summed E-state index contributed by atoms with van der Waals surface area (Å²) in [5, 5.41) is 11.7. The molecule has 0 atom stereocenters. The Morgan fingerprint density at radius 1 is 1.05 bits per heavy atom. The molecule has 0 spiro atoms. The van der Waals surface area contributed by atoms with Gasteiger partial charge in [-0.3, -0.25) is 0 Å². The lowest BCUT2D eigenvalue weighted by Gasteiger charge is -2.19. The molecule has 0 aliphatic rings. The second-order valence-corrected chi connectivity index (χ2v) is 6.03. The van der Waals surface area contributed by atoms with E-state index in [2.05, 4.69) is 49.3 Å². The van der Waals surface area contributed by atoms with E-state index in [4.69, 9.17) is 4.74 Å². The van der Waals surface area contributed by atoms with Crippen LogP contribution in [0.5, 0.6) is 11.6 Å². The van der Waals surface area contributed by atoms with E-state index in [1.54, 1.807) is 0 Å². The van der Waals surface area contributed by atoms with E-state index < -0.39 is 0 Å². The molecular weight excluding hydrogens is 262 g/mol. The largest absolute Gasteiger partial charge is 0.437 e. The lowest BCUT2D eigenvalue weighted by atomic mass is 10.1. The van der Waals surface area contributed by atoms with Crippen LogP contribution in [-0.2, 0) is 13.0 Å². The molecular formula is C17H23N3O. The maximum Gasteiger partial charge on any atom is 0.238 e. The zero-order chi connectivity index (χ0) is 15.3. The fourth-order valence-electron chi connectivity index (χ4n) is 1.86. The van der Waals surface area contributed by atoms with Gasteiger partial charge in [-0.1, -0.05) is 25.1 Å². The van der Waals surface area contributed by atoms with Crippen molar-refractivity contribution < 1.29 is 4.74 Å². The third-order valence-corrected chi connectivity index (χ3v) is 3.06. The minimum absolute atomic E-state index is 0.0664. The first-order chi connectivity index (χ1) is 9.98. The van der Waals surface area contributed by atoms with E-state index in [1.165, 1.54) is 0 Å². The lowest BCUT2D eigenvalue weighted by molar-refractivity contribution is 0.416. The van der Waals surface area contributed by atoms with Gasteiger partial charge in [-0.2, -0.15) is 5.10 Å². The Bertz CT molecular complexity index is 573. The molecule has 0 saturated heterocycles. The molecule has 0 fully saturated rings. The van der Waals surface area contributed by atoms with Gasteiger partial charge in [0, 0.05) is 18.2 Å². The summed E-state index contributed by atoms with van der Waals surface area (Å²) in [5.74, 6) is 1.37. The van der Waals surface area contributed by atoms with Gasteiger partial charge in [-0.05, 0) is 44.9 Å². The van der Waals surface area contributed by atoms with Gasteiger partial charge in [0.05, 0.1) is 5.69 Å². The van der Waals surface area contributed by atoms with Crippen molar-refractivity contribution >= 4 is 0 Å². The topological polar surface area (TPSA) is 47.0 Å². The average Bonchev–Trinajstić information content (AvgIpc) is 2.46. The molecule has 4 nitrogen and oxygen atoms in total. The fraction of sp³-hybridized carbons (Fsp3) is 0.412. The number of aryl methyl sites for hydroxylation is 1. The number of aromatic nitrogens is 2. The Morgan fingerprint density at radius 3 is 2.43 bits per heavy atom. The highest BCUT2D eigenvalue weighted by atomic mass is 16.5. The molecule has 21 heavy (non-hydrogen) atoms. The number of ether oxygens (including phenoxy) is 1. The van der Waals surface area contributed by atoms with Gasteiger partial charge in [0.1, 0.15) is 5.75 Å². The van der Waals surface area contributed by atoms with Crippen molar-refractivity contribution in [3.8, 4) is 11.6 Å². The van der Waals surface area contributed by atoms with Crippen molar-refractivity contribution in [3.63, 3.8) is 0 Å². The van der Waals surface area contributed by atoms with Gasteiger partial charge in [0.2, 0.25) is 5.88 Å². The summed E-state index contributed by atoms with van der Waals surface area (Å²) in [6.07, 6.45) is 0.928. The molecule has 0 aliphatic heterocycles. The maximum absolute atomic E-state index is 5.81. The molecule has 0 radical (unpaired) electrons. The minimum Gasteiger partial charge on any atom is -0.437 e. The molecule has 112 valence electrons. The summed E-state index contributed by atoms with van der Waals surface area (Å²) >= 11 is 0. The Hall–Kier alpha value is -1.94. The maximum atomic E-state index is 5.81. The number of hydrogen-bond donors (Lipinski definition) is 1. The van der Waals surface area contributed by atoms with Crippen LogP contribution in [0.2, 0.25) is 0 Å². The summed E-state index contributed by atoms with van der Waals surface area (Å²) in [7, 11) is 0. The zero-order valence-corrected chi connectivity index (χ0v) is 13.2. The van der Waals surface area contributed by atoms with Crippen molar-refractivity contribution in [2.45, 2.75) is 46.2 Å². The molecule has 2 rings (SSSR count). The van der Waals surface area contributed by atoms with Crippen molar-refractivity contribution in [3.05, 3.63) is 47.7 Å². The summed E-state index contributed by atoms with van der Waals surface area (Å²) in [6, 6.07) is 11.8. The van der Waals surface area contributed by atoms with E-state index in [9.17, 15) is 0 Å². The van der Waals surface area contributed by atoms with Gasteiger partial charge >= 0.3 is 0 Å². The van der Waals surface area contributed by atoms with Crippen LogP contribution in [0, 0.1) is 0 Å². The number of rotatable bonds is 5. The molecule has 1 aromatic heterocycles. The molecule has 0 saturated carbocycles. The van der Waals surface area contributed by atoms with Crippen molar-refractivity contribution in [2.75, 3.05) is 0 Å². The zero-order valence-electron chi connectivity index (χ0n) is 13.2. The van der Waals surface area contributed by atoms with Gasteiger partial charge < -0.3 is 10.1 Å². The smallest absolute Gasteiger partial charge is 0.238 e. The average molecular weight is 285 g/mol. The van der Waals surface area contributed by atoms with E-state index >= 15 is 0 Å². The number of benzene rings is 1. The van der Waals surface area contributed by atoms with Crippen molar-refractivity contribution in [2.24, 2.45) is 0 Å². The van der Waals surface area contributed by atoms with Crippen LogP contribution in [-0.4, -0.2) is 15.7 Å². The Labute approximate surface area is 126 Å². The fourth-order valence-corrected chi connectivity index (χ4v) is 1.86. The molecule has 2 aromatic rings. The van der Waals surface area contributed by atoms with Crippen LogP contribution in [0.3, 0.4) is 0 Å². The first-order valence-corrected chi connectivity index (χ1v) is 7.31. The summed E-state index contributed by atoms with van der Waals surface area (Å²) in [5.41, 5.74) is 2.13. The standard InChI is InChI=1S/C17H23N3O/c1-5-13-8-6-7-9-15(13)21-16-11-10-14(19-20-16)12-18-17(2,3)4/h6-11,18H,5,12H2,1-4H3. The van der Waals surface area contributed by atoms with Crippen LogP contribution >= 0.6 is 0 Å². The van der Waals surface area contributed by atoms with Crippen molar-refractivity contribution in [1.29, 1.82) is 0 Å². The van der Waals surface area contributed by atoms with Gasteiger partial charge in [-0.15, -0.1) is 5.10 Å². The summed E-state index contributed by atoms with van der Waals surface area (Å²) in [6.45, 7) is 9.18. The number of nitrogens with one attached hydrogen (secondary N) is 1. The highest BCUT2D eigenvalue weighted by Gasteiger charge is 2.09. The van der Waals surface area contributed by atoms with E-state index in [-0.39, 0.29) is 5.54 Å². The van der Waals surface area contributed by atoms with Gasteiger partial charge in [0.25, 0.3) is 0 Å². The molecule has 0 unspecified atom stereocenters. The first-order valence-electron chi connectivity index (χ1n) is 7.31. The Morgan fingerprint density at radius 2 is 1.81 bits per heavy atom. The normalized spacial score (nSPS) is 11.4. The Balaban J connectivity index is 2.02. The lowest BCUT2D eigenvalue weighted by Crippen LogP contribution is -2.35. The number of para-hydroxylation sites is 1. The van der Waals surface area contributed by atoms with E-state index in [0.29, 0.717) is 12.4 Å². The highest BCUT2D eigenvalue weighted by Crippen LogP contribution is 2.23. The Kier molecular flexibility index (Phi) is 4.91. The van der Waals surface area contributed by atoms with Crippen LogP contribution in [0.4, 0.5) is 0 Å². The summed E-state index contributed by atoms with van der Waals surface area (Å²) < 4.78 is 5.81. The number of hydrogen-bond acceptors (Lipinski definition) is 4. The first kappa shape index (κ1) is 15.4. The molecule has 0 aliphatic carbocycles. The molecule has 1 N–H and O–H groups in total. The number of nitrogens with zero attached hydrogens (tertiary/aromatic N) is 2. The van der Waals surface area contributed by atoms with Gasteiger partial charge in [0.15, 0.2) is 0 Å². The summed E-state index contributed by atoms with van der Waals surface area (Å²) in [4.78, 5) is 0. The van der Waals surface area contributed by atoms with Gasteiger partial charge in [-0.25, -0.2) is 0 Å². The van der Waals surface area contributed by atoms with Crippen LogP contribution < -0.4 is 10.1 Å². The third kappa shape index (κ3) is 4.83. The highest BCUT2D eigenvalue weighted by molar-refractivity contribution is 5.35. The quantitative estimate of drug-likeness (QED) is 0.909. The molecule has 0 amide bonds. The minimum atomic E-state index is 0.0664.